The highest BCUT2D eigenvalue weighted by atomic mass is 16.5. The van der Waals surface area contributed by atoms with Gasteiger partial charge in [-0.1, -0.05) is 30.3 Å². The minimum atomic E-state index is -0.0797. The van der Waals surface area contributed by atoms with E-state index in [0.29, 0.717) is 13.2 Å². The van der Waals surface area contributed by atoms with Crippen LogP contribution in [0.1, 0.15) is 17.3 Å². The lowest BCUT2D eigenvalue weighted by molar-refractivity contribution is -0.149. The number of carbonyl (C=O) groups excluding carboxylic acids is 1. The zero-order valence-corrected chi connectivity index (χ0v) is 11.4. The van der Waals surface area contributed by atoms with Crippen molar-refractivity contribution >= 4 is 5.91 Å². The number of nitrogens with zero attached hydrogens (tertiary/aromatic N) is 3. The third-order valence-corrected chi connectivity index (χ3v) is 3.59. The predicted molar refractivity (Wildman–Crippen MR) is 73.8 cm³/mol. The highest BCUT2D eigenvalue weighted by molar-refractivity contribution is 5.78. The third-order valence-electron chi connectivity index (χ3n) is 3.59. The highest BCUT2D eigenvalue weighted by Crippen LogP contribution is 2.26. The molecule has 0 N–H and O–H groups in total. The second kappa shape index (κ2) is 5.46. The van der Waals surface area contributed by atoms with E-state index in [0.717, 1.165) is 11.3 Å². The fourth-order valence-electron chi connectivity index (χ4n) is 2.54. The molecule has 5 heteroatoms. The Balaban J connectivity index is 1.87. The van der Waals surface area contributed by atoms with Crippen molar-refractivity contribution in [3.8, 4) is 0 Å². The van der Waals surface area contributed by atoms with Crippen molar-refractivity contribution in [3.63, 3.8) is 0 Å². The normalized spacial score (nSPS) is 19.4. The number of morpholine rings is 1. The Morgan fingerprint density at radius 2 is 2.10 bits per heavy atom. The van der Waals surface area contributed by atoms with Gasteiger partial charge in [0.15, 0.2) is 0 Å². The summed E-state index contributed by atoms with van der Waals surface area (Å²) in [6, 6.07) is 11.9. The summed E-state index contributed by atoms with van der Waals surface area (Å²) in [6.07, 6.45) is 1.75. The van der Waals surface area contributed by atoms with Gasteiger partial charge in [0.1, 0.15) is 6.61 Å². The molecule has 1 fully saturated rings. The lowest BCUT2D eigenvalue weighted by Crippen LogP contribution is -2.44. The van der Waals surface area contributed by atoms with Crippen molar-refractivity contribution in [1.82, 2.24) is 14.7 Å². The molecule has 104 valence electrons. The van der Waals surface area contributed by atoms with Gasteiger partial charge >= 0.3 is 0 Å². The summed E-state index contributed by atoms with van der Waals surface area (Å²) >= 11 is 0. The minimum Gasteiger partial charge on any atom is -0.369 e. The van der Waals surface area contributed by atoms with Crippen LogP contribution in [-0.4, -0.2) is 33.8 Å². The number of aromatic nitrogens is 2. The predicted octanol–water partition coefficient (Wildman–Crippen LogP) is 1.52. The van der Waals surface area contributed by atoms with Crippen LogP contribution in [0, 0.1) is 0 Å². The number of amides is 1. The monoisotopic (exact) mass is 271 g/mol. The Morgan fingerprint density at radius 3 is 2.80 bits per heavy atom. The van der Waals surface area contributed by atoms with Crippen LogP contribution in [0.2, 0.25) is 0 Å². The quantitative estimate of drug-likeness (QED) is 0.850. The van der Waals surface area contributed by atoms with Crippen molar-refractivity contribution in [2.45, 2.75) is 12.6 Å². The van der Waals surface area contributed by atoms with Crippen LogP contribution in [0.25, 0.3) is 0 Å². The van der Waals surface area contributed by atoms with Crippen molar-refractivity contribution < 1.29 is 9.53 Å². The molecular weight excluding hydrogens is 254 g/mol. The van der Waals surface area contributed by atoms with Crippen LogP contribution < -0.4 is 0 Å². The van der Waals surface area contributed by atoms with E-state index < -0.39 is 0 Å². The molecule has 0 radical (unpaired) electrons. The number of ether oxygens (including phenoxy) is 1. The molecule has 0 spiro atoms. The zero-order valence-electron chi connectivity index (χ0n) is 11.4. The van der Waals surface area contributed by atoms with E-state index in [9.17, 15) is 4.79 Å². The lowest BCUT2D eigenvalue weighted by Gasteiger charge is -2.35. The van der Waals surface area contributed by atoms with Gasteiger partial charge in [-0.15, -0.1) is 0 Å². The summed E-state index contributed by atoms with van der Waals surface area (Å²) in [6.45, 7) is 1.26. The van der Waals surface area contributed by atoms with Gasteiger partial charge < -0.3 is 9.64 Å². The van der Waals surface area contributed by atoms with E-state index in [-0.39, 0.29) is 18.6 Å². The second-order valence-electron chi connectivity index (χ2n) is 4.92. The number of aryl methyl sites for hydroxylation is 1. The number of hydrogen-bond acceptors (Lipinski definition) is 3. The molecule has 1 aromatic carbocycles. The van der Waals surface area contributed by atoms with Crippen molar-refractivity contribution in [2.75, 3.05) is 13.2 Å². The fraction of sp³-hybridized carbons (Fsp3) is 0.333. The lowest BCUT2D eigenvalue weighted by atomic mass is 10.1. The molecule has 1 aromatic heterocycles. The molecule has 1 amide bonds. The summed E-state index contributed by atoms with van der Waals surface area (Å²) in [5.41, 5.74) is 2.11. The van der Waals surface area contributed by atoms with Crippen LogP contribution in [-0.2, 0) is 23.1 Å². The summed E-state index contributed by atoms with van der Waals surface area (Å²) in [4.78, 5) is 14.1. The van der Waals surface area contributed by atoms with Gasteiger partial charge in [0.25, 0.3) is 0 Å². The minimum absolute atomic E-state index is 0.0197. The number of hydrogen-bond donors (Lipinski definition) is 0. The van der Waals surface area contributed by atoms with Crippen LogP contribution in [0.15, 0.2) is 42.6 Å². The Kier molecular flexibility index (Phi) is 3.52. The van der Waals surface area contributed by atoms with E-state index in [4.69, 9.17) is 4.74 Å². The molecule has 0 bridgehead atoms. The third kappa shape index (κ3) is 2.44. The van der Waals surface area contributed by atoms with Crippen LogP contribution in [0.3, 0.4) is 0 Å². The first kappa shape index (κ1) is 12.9. The molecule has 1 unspecified atom stereocenters. The van der Waals surface area contributed by atoms with Crippen LogP contribution in [0.4, 0.5) is 0 Å². The molecule has 2 aromatic rings. The maximum Gasteiger partial charge on any atom is 0.249 e. The first-order valence-corrected chi connectivity index (χ1v) is 6.65. The molecule has 1 saturated heterocycles. The van der Waals surface area contributed by atoms with Crippen molar-refractivity contribution in [3.05, 3.63) is 53.9 Å². The average Bonchev–Trinajstić information content (AvgIpc) is 2.88. The average molecular weight is 271 g/mol. The fourth-order valence-corrected chi connectivity index (χ4v) is 2.54. The molecule has 20 heavy (non-hydrogen) atoms. The Labute approximate surface area is 117 Å². The molecule has 1 aliphatic heterocycles. The zero-order chi connectivity index (χ0) is 13.9. The number of benzene rings is 1. The van der Waals surface area contributed by atoms with Gasteiger partial charge in [0, 0.05) is 19.8 Å². The van der Waals surface area contributed by atoms with E-state index in [1.807, 2.05) is 48.3 Å². The highest BCUT2D eigenvalue weighted by Gasteiger charge is 2.31. The summed E-state index contributed by atoms with van der Waals surface area (Å²) < 4.78 is 7.21. The van der Waals surface area contributed by atoms with Crippen LogP contribution >= 0.6 is 0 Å². The van der Waals surface area contributed by atoms with Gasteiger partial charge in [-0.25, -0.2) is 0 Å². The van der Waals surface area contributed by atoms with Crippen LogP contribution in [0.5, 0.6) is 0 Å². The first-order valence-electron chi connectivity index (χ1n) is 6.65. The maximum absolute atomic E-state index is 12.2. The molecular formula is C15H17N3O2. The standard InChI is InChI=1S/C15H17N3O2/c1-17-13(7-8-16-17)14-10-20-11-15(19)18(14)9-12-5-3-2-4-6-12/h2-8,14H,9-11H2,1H3. The van der Waals surface area contributed by atoms with Crippen molar-refractivity contribution in [2.24, 2.45) is 7.05 Å². The molecule has 1 aliphatic rings. The van der Waals surface area contributed by atoms with Gasteiger partial charge in [0.2, 0.25) is 5.91 Å². The summed E-state index contributed by atoms with van der Waals surface area (Å²) in [7, 11) is 1.88. The van der Waals surface area contributed by atoms with E-state index in [1.54, 1.807) is 10.9 Å². The van der Waals surface area contributed by atoms with Crippen molar-refractivity contribution in [1.29, 1.82) is 0 Å². The molecule has 0 saturated carbocycles. The second-order valence-corrected chi connectivity index (χ2v) is 4.92. The number of rotatable bonds is 3. The van der Waals surface area contributed by atoms with E-state index in [1.165, 1.54) is 0 Å². The molecule has 0 aliphatic carbocycles. The van der Waals surface area contributed by atoms with Gasteiger partial charge in [-0.2, -0.15) is 5.10 Å². The Bertz CT molecular complexity index is 594. The Morgan fingerprint density at radius 1 is 1.30 bits per heavy atom. The van der Waals surface area contributed by atoms with Gasteiger partial charge in [-0.05, 0) is 11.6 Å². The topological polar surface area (TPSA) is 47.4 Å². The van der Waals surface area contributed by atoms with E-state index >= 15 is 0 Å². The maximum atomic E-state index is 12.2. The first-order chi connectivity index (χ1) is 9.75. The molecule has 3 rings (SSSR count). The van der Waals surface area contributed by atoms with Gasteiger partial charge in [-0.3, -0.25) is 9.48 Å². The smallest absolute Gasteiger partial charge is 0.249 e. The van der Waals surface area contributed by atoms with Gasteiger partial charge in [0.05, 0.1) is 18.3 Å². The number of carbonyl (C=O) groups is 1. The molecule has 1 atom stereocenters. The summed E-state index contributed by atoms with van der Waals surface area (Å²) in [5.74, 6) is 0.0197. The summed E-state index contributed by atoms with van der Waals surface area (Å²) in [5, 5.41) is 4.18. The molecule has 2 heterocycles. The van der Waals surface area contributed by atoms with E-state index in [2.05, 4.69) is 5.10 Å². The largest absolute Gasteiger partial charge is 0.369 e. The SMILES string of the molecule is Cn1nccc1C1COCC(=O)N1Cc1ccccc1. The Hall–Kier alpha value is -2.14. The molecule has 5 nitrogen and oxygen atoms in total.